The molecule has 0 aliphatic carbocycles. The first-order valence-electron chi connectivity index (χ1n) is 7.32. The van der Waals surface area contributed by atoms with Gasteiger partial charge < -0.3 is 10.2 Å². The van der Waals surface area contributed by atoms with Crippen LogP contribution in [0.5, 0.6) is 0 Å². The van der Waals surface area contributed by atoms with Crippen molar-refractivity contribution in [3.8, 4) is 0 Å². The van der Waals surface area contributed by atoms with Gasteiger partial charge in [-0.1, -0.05) is 54.0 Å². The van der Waals surface area contributed by atoms with Crippen molar-refractivity contribution in [1.29, 1.82) is 0 Å². The van der Waals surface area contributed by atoms with E-state index in [9.17, 15) is 0 Å². The van der Waals surface area contributed by atoms with Crippen LogP contribution in [-0.2, 0) is 0 Å². The lowest BCUT2D eigenvalue weighted by molar-refractivity contribution is 0.369. The van der Waals surface area contributed by atoms with E-state index in [1.165, 1.54) is 20.9 Å². The summed E-state index contributed by atoms with van der Waals surface area (Å²) in [7, 11) is 0. The Kier molecular flexibility index (Phi) is 3.99. The first-order chi connectivity index (χ1) is 9.66. The van der Waals surface area contributed by atoms with E-state index in [2.05, 4.69) is 76.4 Å². The second-order valence-corrected chi connectivity index (χ2v) is 6.72. The monoisotopic (exact) mass is 332 g/mol. The van der Waals surface area contributed by atoms with Crippen LogP contribution >= 0.6 is 15.9 Å². The van der Waals surface area contributed by atoms with Crippen LogP contribution in [0.25, 0.3) is 10.8 Å². The van der Waals surface area contributed by atoms with E-state index in [1.54, 1.807) is 0 Å². The number of nitrogens with zero attached hydrogens (tertiary/aromatic N) is 1. The second kappa shape index (κ2) is 5.74. The Labute approximate surface area is 129 Å². The van der Waals surface area contributed by atoms with Crippen LogP contribution in [0.2, 0.25) is 0 Å². The molecule has 3 rings (SSSR count). The fourth-order valence-electron chi connectivity index (χ4n) is 2.97. The van der Waals surface area contributed by atoms with Gasteiger partial charge in [-0.3, -0.25) is 0 Å². The van der Waals surface area contributed by atoms with Crippen LogP contribution in [0.4, 0.5) is 5.69 Å². The molecular weight excluding hydrogens is 312 g/mol. The van der Waals surface area contributed by atoms with E-state index in [-0.39, 0.29) is 0 Å². The van der Waals surface area contributed by atoms with Crippen LogP contribution in [0.3, 0.4) is 0 Å². The molecule has 2 aromatic carbocycles. The Balaban J connectivity index is 2.00. The minimum Gasteiger partial charge on any atom is -0.368 e. The van der Waals surface area contributed by atoms with Crippen molar-refractivity contribution in [2.75, 3.05) is 24.5 Å². The number of hydrogen-bond donors (Lipinski definition) is 1. The van der Waals surface area contributed by atoms with Crippen molar-refractivity contribution < 1.29 is 0 Å². The molecular formula is C17H21BrN2. The van der Waals surface area contributed by atoms with Gasteiger partial charge in [0.1, 0.15) is 0 Å². The van der Waals surface area contributed by atoms with E-state index < -0.39 is 0 Å². The minimum absolute atomic E-state index is 0.575. The van der Waals surface area contributed by atoms with Crippen molar-refractivity contribution in [2.45, 2.75) is 19.9 Å². The molecule has 1 fully saturated rings. The zero-order chi connectivity index (χ0) is 14.1. The van der Waals surface area contributed by atoms with Gasteiger partial charge >= 0.3 is 0 Å². The van der Waals surface area contributed by atoms with Gasteiger partial charge in [-0.25, -0.2) is 0 Å². The normalized spacial score (nSPS) is 19.8. The van der Waals surface area contributed by atoms with Crippen molar-refractivity contribution in [1.82, 2.24) is 5.32 Å². The maximum absolute atomic E-state index is 3.66. The predicted octanol–water partition coefficient (Wildman–Crippen LogP) is 4.04. The van der Waals surface area contributed by atoms with Gasteiger partial charge in [0.15, 0.2) is 0 Å². The summed E-state index contributed by atoms with van der Waals surface area (Å²) >= 11 is 3.66. The Bertz CT molecular complexity index is 609. The number of nitrogens with one attached hydrogen (secondary N) is 1. The van der Waals surface area contributed by atoms with E-state index in [1.807, 2.05) is 0 Å². The molecule has 3 heteroatoms. The van der Waals surface area contributed by atoms with Crippen LogP contribution in [0, 0.1) is 5.92 Å². The fourth-order valence-corrected chi connectivity index (χ4v) is 3.44. The Morgan fingerprint density at radius 2 is 1.90 bits per heavy atom. The zero-order valence-corrected chi connectivity index (χ0v) is 13.7. The zero-order valence-electron chi connectivity index (χ0n) is 12.1. The molecule has 1 aliphatic rings. The maximum Gasteiger partial charge on any atom is 0.0447 e. The summed E-state index contributed by atoms with van der Waals surface area (Å²) in [6, 6.07) is 13.6. The first-order valence-corrected chi connectivity index (χ1v) is 8.11. The summed E-state index contributed by atoms with van der Waals surface area (Å²) in [4.78, 5) is 2.52. The highest BCUT2D eigenvalue weighted by Gasteiger charge is 2.23. The highest BCUT2D eigenvalue weighted by Crippen LogP contribution is 2.33. The van der Waals surface area contributed by atoms with Crippen LogP contribution < -0.4 is 10.2 Å². The number of piperazine rings is 1. The quantitative estimate of drug-likeness (QED) is 0.892. The topological polar surface area (TPSA) is 15.3 Å². The average molecular weight is 333 g/mol. The molecule has 20 heavy (non-hydrogen) atoms. The highest BCUT2D eigenvalue weighted by atomic mass is 79.9. The van der Waals surface area contributed by atoms with Crippen LogP contribution in [0.15, 0.2) is 40.9 Å². The molecule has 1 saturated heterocycles. The summed E-state index contributed by atoms with van der Waals surface area (Å²) in [5.74, 6) is 0.666. The number of fused-ring (bicyclic) bond motifs is 1. The summed E-state index contributed by atoms with van der Waals surface area (Å²) in [6.45, 7) is 7.81. The fraction of sp³-hybridized carbons (Fsp3) is 0.412. The van der Waals surface area contributed by atoms with Crippen LogP contribution in [-0.4, -0.2) is 25.7 Å². The number of anilines is 1. The SMILES string of the molecule is CC(C)C1CN(c2ccc(Br)c3ccccc23)CCN1. The van der Waals surface area contributed by atoms with Gasteiger partial charge in [-0.2, -0.15) is 0 Å². The molecule has 0 aromatic heterocycles. The first kappa shape index (κ1) is 13.9. The molecule has 1 aliphatic heterocycles. The van der Waals surface area contributed by atoms with Gasteiger partial charge in [-0.15, -0.1) is 0 Å². The number of rotatable bonds is 2. The van der Waals surface area contributed by atoms with Crippen molar-refractivity contribution >= 4 is 32.4 Å². The molecule has 0 radical (unpaired) electrons. The molecule has 106 valence electrons. The van der Waals surface area contributed by atoms with Gasteiger partial charge in [0.05, 0.1) is 0 Å². The van der Waals surface area contributed by atoms with Gasteiger partial charge in [0.2, 0.25) is 0 Å². The molecule has 1 unspecified atom stereocenters. The second-order valence-electron chi connectivity index (χ2n) is 5.86. The van der Waals surface area contributed by atoms with Gasteiger partial charge in [-0.05, 0) is 23.4 Å². The molecule has 0 saturated carbocycles. The Hall–Kier alpha value is -1.06. The third kappa shape index (κ3) is 2.57. The van der Waals surface area contributed by atoms with Crippen molar-refractivity contribution in [3.05, 3.63) is 40.9 Å². The predicted molar refractivity (Wildman–Crippen MR) is 90.5 cm³/mol. The Morgan fingerprint density at radius 3 is 2.65 bits per heavy atom. The molecule has 2 aromatic rings. The van der Waals surface area contributed by atoms with E-state index in [0.717, 1.165) is 19.6 Å². The molecule has 1 heterocycles. The summed E-state index contributed by atoms with van der Waals surface area (Å²) < 4.78 is 1.17. The van der Waals surface area contributed by atoms with Gasteiger partial charge in [0, 0.05) is 41.2 Å². The molecule has 0 spiro atoms. The molecule has 0 amide bonds. The summed E-state index contributed by atoms with van der Waals surface area (Å²) in [6.07, 6.45) is 0. The molecule has 2 nitrogen and oxygen atoms in total. The largest absolute Gasteiger partial charge is 0.368 e. The third-order valence-electron chi connectivity index (χ3n) is 4.20. The van der Waals surface area contributed by atoms with Crippen molar-refractivity contribution in [2.24, 2.45) is 5.92 Å². The maximum atomic E-state index is 3.66. The van der Waals surface area contributed by atoms with Crippen molar-refractivity contribution in [3.63, 3.8) is 0 Å². The number of halogens is 1. The number of benzene rings is 2. The lowest BCUT2D eigenvalue weighted by atomic mass is 10.0. The lowest BCUT2D eigenvalue weighted by Crippen LogP contribution is -2.53. The molecule has 0 bridgehead atoms. The molecule has 1 atom stereocenters. The molecule has 1 N–H and O–H groups in total. The number of hydrogen-bond acceptors (Lipinski definition) is 2. The average Bonchev–Trinajstić information content (AvgIpc) is 2.48. The lowest BCUT2D eigenvalue weighted by Gasteiger charge is -2.37. The smallest absolute Gasteiger partial charge is 0.0447 e. The Morgan fingerprint density at radius 1 is 1.15 bits per heavy atom. The van der Waals surface area contributed by atoms with Crippen LogP contribution in [0.1, 0.15) is 13.8 Å². The standard InChI is InChI=1S/C17H21BrN2/c1-12(2)16-11-20(10-9-19-16)17-8-7-15(18)13-5-3-4-6-14(13)17/h3-8,12,16,19H,9-11H2,1-2H3. The van der Waals surface area contributed by atoms with E-state index in [4.69, 9.17) is 0 Å². The third-order valence-corrected chi connectivity index (χ3v) is 4.89. The summed E-state index contributed by atoms with van der Waals surface area (Å²) in [5, 5.41) is 6.26. The van der Waals surface area contributed by atoms with Gasteiger partial charge in [0.25, 0.3) is 0 Å². The minimum atomic E-state index is 0.575. The highest BCUT2D eigenvalue weighted by molar-refractivity contribution is 9.10. The van der Waals surface area contributed by atoms with E-state index in [0.29, 0.717) is 12.0 Å². The summed E-state index contributed by atoms with van der Waals surface area (Å²) in [5.41, 5.74) is 1.36. The van der Waals surface area contributed by atoms with E-state index >= 15 is 0 Å².